The Morgan fingerprint density at radius 1 is 1.17 bits per heavy atom. The lowest BCUT2D eigenvalue weighted by molar-refractivity contribution is 0.137. The molecule has 0 amide bonds. The molecule has 0 spiro atoms. The standard InChI is InChI=1S/C16H15F2N5O/c1-24-12-4-2-3-10-9-22(8-7-11(10)12)14-6-5-13-19-20-16(15(17)18)23(13)21-14/h2-6,15H,7-9H2,1H3. The van der Waals surface area contributed by atoms with Crippen molar-refractivity contribution in [3.8, 4) is 5.75 Å². The Labute approximate surface area is 136 Å². The van der Waals surface area contributed by atoms with Crippen LogP contribution in [0.5, 0.6) is 5.75 Å². The normalized spacial score (nSPS) is 14.2. The molecule has 0 saturated carbocycles. The second kappa shape index (κ2) is 5.70. The summed E-state index contributed by atoms with van der Waals surface area (Å²) in [5.74, 6) is 1.07. The van der Waals surface area contributed by atoms with Crippen molar-refractivity contribution in [2.24, 2.45) is 0 Å². The lowest BCUT2D eigenvalue weighted by Crippen LogP contribution is -2.31. The second-order valence-electron chi connectivity index (χ2n) is 5.59. The highest BCUT2D eigenvalue weighted by molar-refractivity contribution is 5.50. The molecule has 24 heavy (non-hydrogen) atoms. The van der Waals surface area contributed by atoms with Gasteiger partial charge in [0.05, 0.1) is 7.11 Å². The van der Waals surface area contributed by atoms with E-state index in [9.17, 15) is 8.78 Å². The van der Waals surface area contributed by atoms with Gasteiger partial charge in [-0.25, -0.2) is 8.78 Å². The molecule has 3 aromatic rings. The van der Waals surface area contributed by atoms with Gasteiger partial charge in [-0.1, -0.05) is 12.1 Å². The highest BCUT2D eigenvalue weighted by Crippen LogP contribution is 2.29. The number of fused-ring (bicyclic) bond motifs is 2. The van der Waals surface area contributed by atoms with Gasteiger partial charge in [0.15, 0.2) is 5.65 Å². The lowest BCUT2D eigenvalue weighted by Gasteiger charge is -2.30. The van der Waals surface area contributed by atoms with E-state index in [4.69, 9.17) is 4.74 Å². The van der Waals surface area contributed by atoms with Crippen molar-refractivity contribution >= 4 is 11.5 Å². The van der Waals surface area contributed by atoms with E-state index in [-0.39, 0.29) is 0 Å². The average molecular weight is 331 g/mol. The molecule has 2 aromatic heterocycles. The molecule has 1 aliphatic rings. The van der Waals surface area contributed by atoms with Crippen LogP contribution >= 0.6 is 0 Å². The zero-order valence-corrected chi connectivity index (χ0v) is 13.0. The van der Waals surface area contributed by atoms with Gasteiger partial charge in [-0.05, 0) is 30.2 Å². The van der Waals surface area contributed by atoms with E-state index in [1.54, 1.807) is 19.2 Å². The number of nitrogens with zero attached hydrogens (tertiary/aromatic N) is 5. The minimum atomic E-state index is -2.71. The fourth-order valence-corrected chi connectivity index (χ4v) is 3.06. The number of rotatable bonds is 3. The van der Waals surface area contributed by atoms with Gasteiger partial charge in [-0.2, -0.15) is 4.52 Å². The number of aromatic nitrogens is 4. The smallest absolute Gasteiger partial charge is 0.299 e. The van der Waals surface area contributed by atoms with E-state index < -0.39 is 12.2 Å². The van der Waals surface area contributed by atoms with Crippen LogP contribution in [0.2, 0.25) is 0 Å². The first-order chi connectivity index (χ1) is 11.7. The van der Waals surface area contributed by atoms with Gasteiger partial charge >= 0.3 is 0 Å². The van der Waals surface area contributed by atoms with E-state index in [0.717, 1.165) is 28.8 Å². The number of benzene rings is 1. The first-order valence-electron chi connectivity index (χ1n) is 7.57. The molecule has 124 valence electrons. The third kappa shape index (κ3) is 2.34. The third-order valence-corrected chi connectivity index (χ3v) is 4.23. The third-order valence-electron chi connectivity index (χ3n) is 4.23. The number of alkyl halides is 2. The predicted octanol–water partition coefficient (Wildman–Crippen LogP) is 2.63. The van der Waals surface area contributed by atoms with Crippen LogP contribution in [0.1, 0.15) is 23.4 Å². The van der Waals surface area contributed by atoms with Crippen molar-refractivity contribution in [2.45, 2.75) is 19.4 Å². The molecule has 8 heteroatoms. The van der Waals surface area contributed by atoms with Crippen LogP contribution in [0.3, 0.4) is 0 Å². The first-order valence-corrected chi connectivity index (χ1v) is 7.57. The van der Waals surface area contributed by atoms with Crippen LogP contribution in [0.15, 0.2) is 30.3 Å². The summed E-state index contributed by atoms with van der Waals surface area (Å²) in [4.78, 5) is 2.05. The zero-order chi connectivity index (χ0) is 16.7. The summed E-state index contributed by atoms with van der Waals surface area (Å²) >= 11 is 0. The summed E-state index contributed by atoms with van der Waals surface area (Å²) in [6, 6.07) is 9.38. The molecular formula is C16H15F2N5O. The Kier molecular flexibility index (Phi) is 3.51. The monoisotopic (exact) mass is 331 g/mol. The van der Waals surface area contributed by atoms with E-state index in [1.165, 1.54) is 5.56 Å². The van der Waals surface area contributed by atoms with Crippen LogP contribution in [0, 0.1) is 0 Å². The minimum Gasteiger partial charge on any atom is -0.496 e. The van der Waals surface area contributed by atoms with Gasteiger partial charge in [0, 0.05) is 18.7 Å². The van der Waals surface area contributed by atoms with Crippen molar-refractivity contribution < 1.29 is 13.5 Å². The molecule has 0 saturated heterocycles. The van der Waals surface area contributed by atoms with Crippen molar-refractivity contribution in [3.63, 3.8) is 0 Å². The van der Waals surface area contributed by atoms with Crippen LogP contribution in [0.4, 0.5) is 14.6 Å². The Morgan fingerprint density at radius 3 is 2.83 bits per heavy atom. The van der Waals surface area contributed by atoms with Crippen molar-refractivity contribution in [2.75, 3.05) is 18.6 Å². The maximum atomic E-state index is 13.0. The SMILES string of the molecule is COc1cccc2c1CCN(c1ccc3nnc(C(F)F)n3n1)C2. The summed E-state index contributed by atoms with van der Waals surface area (Å²) in [6.07, 6.45) is -1.91. The van der Waals surface area contributed by atoms with Crippen LogP contribution in [-0.4, -0.2) is 33.5 Å². The summed E-state index contributed by atoms with van der Waals surface area (Å²) in [7, 11) is 1.66. The fraction of sp³-hybridized carbons (Fsp3) is 0.312. The van der Waals surface area contributed by atoms with E-state index in [1.807, 2.05) is 18.2 Å². The van der Waals surface area contributed by atoms with Crippen LogP contribution < -0.4 is 9.64 Å². The van der Waals surface area contributed by atoms with Crippen molar-refractivity contribution in [3.05, 3.63) is 47.3 Å². The largest absolute Gasteiger partial charge is 0.496 e. The Balaban J connectivity index is 1.69. The average Bonchev–Trinajstić information content (AvgIpc) is 3.04. The maximum Gasteiger partial charge on any atom is 0.299 e. The number of hydrogen-bond donors (Lipinski definition) is 0. The summed E-state index contributed by atoms with van der Waals surface area (Å²) in [5.41, 5.74) is 2.66. The molecule has 0 bridgehead atoms. The van der Waals surface area contributed by atoms with Gasteiger partial charge in [0.2, 0.25) is 5.82 Å². The van der Waals surface area contributed by atoms with Crippen molar-refractivity contribution in [1.82, 2.24) is 19.8 Å². The fourth-order valence-electron chi connectivity index (χ4n) is 3.06. The van der Waals surface area contributed by atoms with Gasteiger partial charge in [-0.3, -0.25) is 0 Å². The first kappa shape index (κ1) is 14.8. The van der Waals surface area contributed by atoms with Gasteiger partial charge in [-0.15, -0.1) is 15.3 Å². The maximum absolute atomic E-state index is 13.0. The molecule has 0 fully saturated rings. The number of methoxy groups -OCH3 is 1. The van der Waals surface area contributed by atoms with Gasteiger partial charge < -0.3 is 9.64 Å². The molecule has 1 aliphatic heterocycles. The van der Waals surface area contributed by atoms with E-state index in [2.05, 4.69) is 20.2 Å². The Bertz CT molecular complexity index is 895. The predicted molar refractivity (Wildman–Crippen MR) is 83.5 cm³/mol. The number of halogens is 2. The summed E-state index contributed by atoms with van der Waals surface area (Å²) in [5, 5.41) is 11.5. The Morgan fingerprint density at radius 2 is 2.04 bits per heavy atom. The molecule has 0 unspecified atom stereocenters. The highest BCUT2D eigenvalue weighted by atomic mass is 19.3. The van der Waals surface area contributed by atoms with Crippen LogP contribution in [0.25, 0.3) is 5.65 Å². The molecule has 0 aliphatic carbocycles. The Hall–Kier alpha value is -2.77. The zero-order valence-electron chi connectivity index (χ0n) is 13.0. The molecule has 0 atom stereocenters. The minimum absolute atomic E-state index is 0.313. The number of ether oxygens (including phenoxy) is 1. The lowest BCUT2D eigenvalue weighted by atomic mass is 9.99. The summed E-state index contributed by atoms with van der Waals surface area (Å²) in [6.45, 7) is 1.38. The van der Waals surface area contributed by atoms with Gasteiger partial charge in [0.1, 0.15) is 11.6 Å². The number of anilines is 1. The van der Waals surface area contributed by atoms with Crippen molar-refractivity contribution in [1.29, 1.82) is 0 Å². The van der Waals surface area contributed by atoms with Crippen LogP contribution in [-0.2, 0) is 13.0 Å². The molecule has 6 nitrogen and oxygen atoms in total. The molecule has 4 rings (SSSR count). The highest BCUT2D eigenvalue weighted by Gasteiger charge is 2.22. The summed E-state index contributed by atoms with van der Waals surface area (Å²) < 4.78 is 32.5. The quantitative estimate of drug-likeness (QED) is 0.738. The molecule has 1 aromatic carbocycles. The second-order valence-corrected chi connectivity index (χ2v) is 5.59. The number of hydrogen-bond acceptors (Lipinski definition) is 5. The van der Waals surface area contributed by atoms with Gasteiger partial charge in [0.25, 0.3) is 6.43 Å². The van der Waals surface area contributed by atoms with E-state index >= 15 is 0 Å². The molecule has 0 radical (unpaired) electrons. The van der Waals surface area contributed by atoms with E-state index in [0.29, 0.717) is 18.0 Å². The molecule has 0 N–H and O–H groups in total. The molecular weight excluding hydrogens is 316 g/mol. The molecule has 3 heterocycles. The topological polar surface area (TPSA) is 55.5 Å².